The highest BCUT2D eigenvalue weighted by molar-refractivity contribution is 6.31. The number of aromatic nitrogens is 3. The summed E-state index contributed by atoms with van der Waals surface area (Å²) in [6.07, 6.45) is 6.27. The number of pyridine rings is 1. The maximum Gasteiger partial charge on any atom is 0.0948 e. The molecule has 3 aromatic carbocycles. The normalized spacial score (nSPS) is 13.9. The van der Waals surface area contributed by atoms with E-state index in [2.05, 4.69) is 21.3 Å². The fraction of sp³-hybridized carbons (Fsp3) is 0.273. The van der Waals surface area contributed by atoms with Crippen LogP contribution in [-0.2, 0) is 20.2 Å². The molecule has 210 valence electrons. The number of aliphatic hydroxyl groups excluding tert-OH is 1. The molecule has 6 nitrogen and oxygen atoms in total. The summed E-state index contributed by atoms with van der Waals surface area (Å²) in [6.45, 7) is 4.76. The maximum absolute atomic E-state index is 10.5. The number of aliphatic hydroxyl groups is 1. The number of benzene rings is 3. The summed E-state index contributed by atoms with van der Waals surface area (Å²) in [5, 5.41) is 16.4. The van der Waals surface area contributed by atoms with Gasteiger partial charge in [-0.25, -0.2) is 4.98 Å². The number of nitrogens with zero attached hydrogens (tertiary/aromatic N) is 4. The van der Waals surface area contributed by atoms with Crippen LogP contribution in [0.1, 0.15) is 24.1 Å². The Bertz CT molecular complexity index is 1680. The number of imidazole rings is 1. The standard InChI is InChI=1S/C33H33Cl2N5O/c1-39-21-37-19-29(39)32-28(18-36-13-16-40-14-2-3-15-40)38-27-12-9-24(20-41)30(22-7-10-25(34)11-8-22)33(27)31(32)23-5-4-6-26(35)17-23/h4-12,17,19,21,36,41H,2-3,13-16,18,20H2,1H3. The van der Waals surface area contributed by atoms with E-state index in [0.717, 1.165) is 68.8 Å². The number of nitrogens with one attached hydrogen (secondary N) is 1. The first-order valence-electron chi connectivity index (χ1n) is 14.0. The van der Waals surface area contributed by atoms with Crippen molar-refractivity contribution < 1.29 is 5.11 Å². The van der Waals surface area contributed by atoms with Crippen LogP contribution < -0.4 is 5.32 Å². The number of rotatable bonds is 9. The molecule has 1 fully saturated rings. The van der Waals surface area contributed by atoms with E-state index in [9.17, 15) is 5.11 Å². The number of likely N-dealkylation sites (tertiary alicyclic amines) is 1. The van der Waals surface area contributed by atoms with E-state index in [0.29, 0.717) is 16.6 Å². The van der Waals surface area contributed by atoms with Crippen molar-refractivity contribution in [2.24, 2.45) is 7.05 Å². The van der Waals surface area contributed by atoms with E-state index in [4.69, 9.17) is 28.2 Å². The Kier molecular flexibility index (Phi) is 8.37. The second kappa shape index (κ2) is 12.3. The van der Waals surface area contributed by atoms with Crippen LogP contribution in [0.15, 0.2) is 73.2 Å². The van der Waals surface area contributed by atoms with Crippen molar-refractivity contribution in [3.8, 4) is 33.5 Å². The molecule has 0 bridgehead atoms. The zero-order valence-electron chi connectivity index (χ0n) is 23.1. The lowest BCUT2D eigenvalue weighted by molar-refractivity contribution is 0.282. The largest absolute Gasteiger partial charge is 0.392 e. The minimum absolute atomic E-state index is 0.107. The fourth-order valence-corrected chi connectivity index (χ4v) is 6.23. The molecule has 0 atom stereocenters. The molecule has 2 aromatic heterocycles. The second-order valence-corrected chi connectivity index (χ2v) is 11.5. The lowest BCUT2D eigenvalue weighted by Crippen LogP contribution is -2.30. The van der Waals surface area contributed by atoms with Crippen LogP contribution in [0.25, 0.3) is 44.4 Å². The number of hydrogen-bond donors (Lipinski definition) is 2. The van der Waals surface area contributed by atoms with Crippen molar-refractivity contribution in [1.82, 2.24) is 24.8 Å². The number of halogens is 2. The van der Waals surface area contributed by atoms with Crippen molar-refractivity contribution >= 4 is 34.1 Å². The summed E-state index contributed by atoms with van der Waals surface area (Å²) in [6, 6.07) is 19.7. The molecule has 0 saturated carbocycles. The maximum atomic E-state index is 10.5. The van der Waals surface area contributed by atoms with Gasteiger partial charge in [0.25, 0.3) is 0 Å². The third-order valence-electron chi connectivity index (χ3n) is 7.90. The van der Waals surface area contributed by atoms with Crippen LogP contribution in [0.4, 0.5) is 0 Å². The van der Waals surface area contributed by atoms with Gasteiger partial charge in [-0.3, -0.25) is 4.98 Å². The van der Waals surface area contributed by atoms with Gasteiger partial charge >= 0.3 is 0 Å². The Labute approximate surface area is 250 Å². The first-order chi connectivity index (χ1) is 20.0. The van der Waals surface area contributed by atoms with Crippen LogP contribution in [0.3, 0.4) is 0 Å². The molecule has 3 heterocycles. The van der Waals surface area contributed by atoms with Gasteiger partial charge in [0.1, 0.15) is 0 Å². The van der Waals surface area contributed by atoms with Crippen LogP contribution in [0.2, 0.25) is 10.0 Å². The molecule has 0 amide bonds. The average Bonchev–Trinajstić information content (AvgIpc) is 3.66. The van der Waals surface area contributed by atoms with Crippen LogP contribution >= 0.6 is 23.2 Å². The summed E-state index contributed by atoms with van der Waals surface area (Å²) < 4.78 is 2.03. The topological polar surface area (TPSA) is 66.2 Å². The molecule has 41 heavy (non-hydrogen) atoms. The zero-order chi connectivity index (χ0) is 28.3. The van der Waals surface area contributed by atoms with Crippen molar-refractivity contribution in [2.45, 2.75) is 26.0 Å². The van der Waals surface area contributed by atoms with Gasteiger partial charge in [-0.1, -0.05) is 53.5 Å². The molecular weight excluding hydrogens is 553 g/mol. The quantitative estimate of drug-likeness (QED) is 0.183. The van der Waals surface area contributed by atoms with Crippen LogP contribution in [-0.4, -0.2) is 50.7 Å². The smallest absolute Gasteiger partial charge is 0.0948 e. The predicted octanol–water partition coefficient (Wildman–Crippen LogP) is 6.95. The molecule has 0 radical (unpaired) electrons. The third kappa shape index (κ3) is 5.76. The Hall–Kier alpha value is -3.26. The van der Waals surface area contributed by atoms with E-state index in [1.807, 2.05) is 78.7 Å². The molecule has 0 spiro atoms. The van der Waals surface area contributed by atoms with Gasteiger partial charge in [0.05, 0.1) is 36.0 Å². The van der Waals surface area contributed by atoms with E-state index >= 15 is 0 Å². The SMILES string of the molecule is Cn1cncc1-c1c(CNCCN2CCCC2)nc2ccc(CO)c(-c3ccc(Cl)cc3)c2c1-c1cccc(Cl)c1. The molecule has 5 aromatic rings. The molecule has 1 aliphatic rings. The lowest BCUT2D eigenvalue weighted by Gasteiger charge is -2.22. The fourth-order valence-electron chi connectivity index (χ4n) is 5.91. The van der Waals surface area contributed by atoms with E-state index in [1.165, 1.54) is 25.9 Å². The number of aryl methyl sites for hydroxylation is 1. The van der Waals surface area contributed by atoms with Gasteiger partial charge in [-0.15, -0.1) is 0 Å². The molecule has 8 heteroatoms. The molecule has 1 aliphatic heterocycles. The van der Waals surface area contributed by atoms with Crippen molar-refractivity contribution in [2.75, 3.05) is 26.2 Å². The molecule has 0 aliphatic carbocycles. The average molecular weight is 587 g/mol. The van der Waals surface area contributed by atoms with Crippen molar-refractivity contribution in [1.29, 1.82) is 0 Å². The van der Waals surface area contributed by atoms with Gasteiger partial charge < -0.3 is 19.9 Å². The number of fused-ring (bicyclic) bond motifs is 1. The van der Waals surface area contributed by atoms with Gasteiger partial charge in [-0.2, -0.15) is 0 Å². The van der Waals surface area contributed by atoms with E-state index in [-0.39, 0.29) is 6.61 Å². The van der Waals surface area contributed by atoms with E-state index < -0.39 is 0 Å². The minimum atomic E-state index is -0.107. The highest BCUT2D eigenvalue weighted by atomic mass is 35.5. The Balaban J connectivity index is 1.62. The van der Waals surface area contributed by atoms with Gasteiger partial charge in [0, 0.05) is 53.2 Å². The summed E-state index contributed by atoms with van der Waals surface area (Å²) >= 11 is 12.9. The monoisotopic (exact) mass is 585 g/mol. The first-order valence-corrected chi connectivity index (χ1v) is 14.8. The zero-order valence-corrected chi connectivity index (χ0v) is 24.6. The predicted molar refractivity (Wildman–Crippen MR) is 168 cm³/mol. The summed E-state index contributed by atoms with van der Waals surface area (Å²) in [7, 11) is 2.00. The number of hydrogen-bond acceptors (Lipinski definition) is 5. The van der Waals surface area contributed by atoms with Crippen molar-refractivity contribution in [3.63, 3.8) is 0 Å². The van der Waals surface area contributed by atoms with Gasteiger partial charge in [0.2, 0.25) is 0 Å². The molecule has 2 N–H and O–H groups in total. The Morgan fingerprint density at radius 2 is 1.71 bits per heavy atom. The molecule has 6 rings (SSSR count). The summed E-state index contributed by atoms with van der Waals surface area (Å²) in [5.74, 6) is 0. The second-order valence-electron chi connectivity index (χ2n) is 10.6. The summed E-state index contributed by atoms with van der Waals surface area (Å²) in [5.41, 5.74) is 8.45. The van der Waals surface area contributed by atoms with Crippen LogP contribution in [0, 0.1) is 0 Å². The molecular formula is C33H33Cl2N5O. The molecule has 1 saturated heterocycles. The Morgan fingerprint density at radius 3 is 2.41 bits per heavy atom. The van der Waals surface area contributed by atoms with E-state index in [1.54, 1.807) is 0 Å². The highest BCUT2D eigenvalue weighted by Gasteiger charge is 2.24. The van der Waals surface area contributed by atoms with Gasteiger partial charge in [-0.05, 0) is 78.5 Å². The first kappa shape index (κ1) is 27.9. The summed E-state index contributed by atoms with van der Waals surface area (Å²) in [4.78, 5) is 12.3. The minimum Gasteiger partial charge on any atom is -0.392 e. The van der Waals surface area contributed by atoms with Crippen molar-refractivity contribution in [3.05, 3.63) is 94.5 Å². The highest BCUT2D eigenvalue weighted by Crippen LogP contribution is 2.45. The third-order valence-corrected chi connectivity index (χ3v) is 8.39. The van der Waals surface area contributed by atoms with Gasteiger partial charge in [0.15, 0.2) is 0 Å². The Morgan fingerprint density at radius 1 is 0.902 bits per heavy atom. The lowest BCUT2D eigenvalue weighted by atomic mass is 9.86. The molecule has 0 unspecified atom stereocenters. The van der Waals surface area contributed by atoms with Crippen LogP contribution in [0.5, 0.6) is 0 Å².